The van der Waals surface area contributed by atoms with Crippen LogP contribution in [0.5, 0.6) is 5.75 Å². The first-order valence-corrected chi connectivity index (χ1v) is 11.1. The van der Waals surface area contributed by atoms with Crippen molar-refractivity contribution < 1.29 is 32.3 Å². The number of ether oxygens (including phenoxy) is 1. The van der Waals surface area contributed by atoms with Gasteiger partial charge in [-0.05, 0) is 36.4 Å². The molecule has 0 spiro atoms. The van der Waals surface area contributed by atoms with Crippen molar-refractivity contribution in [2.24, 2.45) is 0 Å². The number of sulfonamides is 1. The number of hydrogen-bond acceptors (Lipinski definition) is 5. The van der Waals surface area contributed by atoms with Gasteiger partial charge in [0.1, 0.15) is 11.1 Å². The lowest BCUT2D eigenvalue weighted by Crippen LogP contribution is -2.30. The third-order valence-corrected chi connectivity index (χ3v) is 6.88. The molecule has 0 saturated carbocycles. The maximum absolute atomic E-state index is 12.4. The molecule has 0 bridgehead atoms. The van der Waals surface area contributed by atoms with Crippen LogP contribution in [0.3, 0.4) is 0 Å². The lowest BCUT2D eigenvalue weighted by Gasteiger charge is -2.18. The zero-order valence-corrected chi connectivity index (χ0v) is 16.5. The van der Waals surface area contributed by atoms with E-state index in [9.17, 15) is 27.6 Å². The molecule has 0 aliphatic rings. The summed E-state index contributed by atoms with van der Waals surface area (Å²) in [6.45, 7) is 4.10. The first kappa shape index (κ1) is 21.3. The highest BCUT2D eigenvalue weighted by molar-refractivity contribution is 7.89. The van der Waals surface area contributed by atoms with Crippen LogP contribution in [0.25, 0.3) is 0 Å². The highest BCUT2D eigenvalue weighted by atomic mass is 32.2. The number of nitrogens with zero attached hydrogens (tertiary/aromatic N) is 1. The van der Waals surface area contributed by atoms with Crippen molar-refractivity contribution in [1.29, 1.82) is 0 Å². The predicted molar refractivity (Wildman–Crippen MR) is 99.6 cm³/mol. The lowest BCUT2D eigenvalue weighted by atomic mass is 10.2. The SMILES string of the molecule is CCN(CC)S(=O)(=O)c1ccc(C(=O)Oc2ccccc2P(=O)(O)O)cc1. The van der Waals surface area contributed by atoms with Crippen molar-refractivity contribution in [3.63, 3.8) is 0 Å². The fourth-order valence-corrected chi connectivity index (χ4v) is 4.56. The van der Waals surface area contributed by atoms with E-state index in [0.29, 0.717) is 13.1 Å². The van der Waals surface area contributed by atoms with Crippen LogP contribution in [0.2, 0.25) is 0 Å². The molecule has 2 rings (SSSR count). The monoisotopic (exact) mass is 413 g/mol. The Bertz CT molecular complexity index is 963. The quantitative estimate of drug-likeness (QED) is 0.403. The fraction of sp³-hybridized carbons (Fsp3) is 0.235. The molecule has 0 atom stereocenters. The molecule has 0 aromatic heterocycles. The second-order valence-electron chi connectivity index (χ2n) is 5.51. The molecule has 0 amide bonds. The summed E-state index contributed by atoms with van der Waals surface area (Å²) in [7, 11) is -8.26. The van der Waals surface area contributed by atoms with E-state index in [1.165, 1.54) is 52.8 Å². The number of carbonyl (C=O) groups excluding carboxylic acids is 1. The maximum Gasteiger partial charge on any atom is 0.359 e. The molecular weight excluding hydrogens is 393 g/mol. The minimum Gasteiger partial charge on any atom is -0.422 e. The number of para-hydroxylation sites is 1. The van der Waals surface area contributed by atoms with Crippen molar-refractivity contribution in [3.8, 4) is 5.75 Å². The second kappa shape index (κ2) is 8.33. The van der Waals surface area contributed by atoms with Gasteiger partial charge in [0.25, 0.3) is 0 Å². The molecule has 0 fully saturated rings. The zero-order chi connectivity index (χ0) is 20.2. The summed E-state index contributed by atoms with van der Waals surface area (Å²) in [5.41, 5.74) is 0.0500. The molecule has 146 valence electrons. The number of benzene rings is 2. The van der Waals surface area contributed by atoms with Crippen molar-refractivity contribution in [1.82, 2.24) is 4.31 Å². The summed E-state index contributed by atoms with van der Waals surface area (Å²) in [5, 5.41) is -0.404. The van der Waals surface area contributed by atoms with Crippen molar-refractivity contribution in [2.75, 3.05) is 13.1 Å². The molecule has 0 aliphatic heterocycles. The summed E-state index contributed by atoms with van der Waals surface area (Å²) in [6, 6.07) is 10.5. The zero-order valence-electron chi connectivity index (χ0n) is 14.8. The van der Waals surface area contributed by atoms with Gasteiger partial charge in [0.05, 0.1) is 10.5 Å². The molecule has 0 heterocycles. The Labute approximate surface area is 157 Å². The van der Waals surface area contributed by atoms with Crippen LogP contribution in [0.4, 0.5) is 0 Å². The first-order valence-electron chi connectivity index (χ1n) is 8.08. The summed E-state index contributed by atoms with van der Waals surface area (Å²) >= 11 is 0. The van der Waals surface area contributed by atoms with Crippen LogP contribution in [-0.4, -0.2) is 41.6 Å². The van der Waals surface area contributed by atoms with Gasteiger partial charge in [-0.25, -0.2) is 13.2 Å². The van der Waals surface area contributed by atoms with E-state index >= 15 is 0 Å². The average Bonchev–Trinajstić information content (AvgIpc) is 2.62. The molecule has 27 heavy (non-hydrogen) atoms. The third-order valence-electron chi connectivity index (χ3n) is 3.81. The number of rotatable bonds is 7. The lowest BCUT2D eigenvalue weighted by molar-refractivity contribution is 0.0736. The van der Waals surface area contributed by atoms with Crippen LogP contribution in [0.15, 0.2) is 53.4 Å². The molecule has 8 nitrogen and oxygen atoms in total. The van der Waals surface area contributed by atoms with E-state index in [1.807, 2.05) is 0 Å². The summed E-state index contributed by atoms with van der Waals surface area (Å²) in [4.78, 5) is 31.0. The molecule has 2 aromatic rings. The standard InChI is InChI=1S/C17H20NO7PS/c1-3-18(4-2)27(23,24)14-11-9-13(10-12-14)17(19)25-15-7-5-6-8-16(15)26(20,21)22/h5-12H,3-4H2,1-2H3,(H2,20,21,22). The Morgan fingerprint density at radius 1 is 1.04 bits per heavy atom. The molecule has 0 aliphatic carbocycles. The normalized spacial score (nSPS) is 12.2. The van der Waals surface area contributed by atoms with Gasteiger partial charge in [0, 0.05) is 13.1 Å². The van der Waals surface area contributed by atoms with Gasteiger partial charge in [0.15, 0.2) is 0 Å². The smallest absolute Gasteiger partial charge is 0.359 e. The molecule has 0 saturated heterocycles. The van der Waals surface area contributed by atoms with E-state index in [1.54, 1.807) is 13.8 Å². The Kier molecular flexibility index (Phi) is 6.56. The maximum atomic E-state index is 12.4. The minimum atomic E-state index is -4.61. The summed E-state index contributed by atoms with van der Waals surface area (Å²) in [6.07, 6.45) is 0. The Morgan fingerprint density at radius 2 is 1.59 bits per heavy atom. The second-order valence-corrected chi connectivity index (χ2v) is 9.02. The molecular formula is C17H20NO7PS. The van der Waals surface area contributed by atoms with Crippen molar-refractivity contribution in [2.45, 2.75) is 18.7 Å². The van der Waals surface area contributed by atoms with Gasteiger partial charge in [-0.15, -0.1) is 0 Å². The van der Waals surface area contributed by atoms with E-state index < -0.39 is 28.9 Å². The van der Waals surface area contributed by atoms with E-state index in [-0.39, 0.29) is 16.2 Å². The van der Waals surface area contributed by atoms with E-state index in [2.05, 4.69) is 0 Å². The van der Waals surface area contributed by atoms with Gasteiger partial charge in [0.2, 0.25) is 10.0 Å². The van der Waals surface area contributed by atoms with Gasteiger partial charge in [-0.3, -0.25) is 4.57 Å². The third kappa shape index (κ3) is 4.82. The molecule has 10 heteroatoms. The largest absolute Gasteiger partial charge is 0.422 e. The molecule has 2 N–H and O–H groups in total. The van der Waals surface area contributed by atoms with Crippen LogP contribution >= 0.6 is 7.60 Å². The molecule has 0 unspecified atom stereocenters. The number of esters is 1. The van der Waals surface area contributed by atoms with Gasteiger partial charge in [-0.2, -0.15) is 4.31 Å². The van der Waals surface area contributed by atoms with E-state index in [4.69, 9.17) is 4.74 Å². The number of carbonyl (C=O) groups is 1. The van der Waals surface area contributed by atoms with Crippen LogP contribution in [-0.2, 0) is 14.6 Å². The Hall–Kier alpha value is -2.03. The predicted octanol–water partition coefficient (Wildman–Crippen LogP) is 1.74. The van der Waals surface area contributed by atoms with Crippen molar-refractivity contribution in [3.05, 3.63) is 54.1 Å². The van der Waals surface area contributed by atoms with Gasteiger partial charge < -0.3 is 14.5 Å². The van der Waals surface area contributed by atoms with Gasteiger partial charge in [-0.1, -0.05) is 26.0 Å². The summed E-state index contributed by atoms with van der Waals surface area (Å²) in [5.74, 6) is -1.11. The first-order chi connectivity index (χ1) is 12.6. The van der Waals surface area contributed by atoms with Crippen LogP contribution in [0, 0.1) is 0 Å². The highest BCUT2D eigenvalue weighted by Crippen LogP contribution is 2.37. The number of hydrogen-bond donors (Lipinski definition) is 2. The molecule has 0 radical (unpaired) electrons. The Balaban J connectivity index is 2.27. The van der Waals surface area contributed by atoms with Crippen LogP contribution in [0.1, 0.15) is 24.2 Å². The van der Waals surface area contributed by atoms with E-state index in [0.717, 1.165) is 0 Å². The molecule has 2 aromatic carbocycles. The van der Waals surface area contributed by atoms with Crippen LogP contribution < -0.4 is 10.0 Å². The topological polar surface area (TPSA) is 121 Å². The Morgan fingerprint density at radius 3 is 2.11 bits per heavy atom. The highest BCUT2D eigenvalue weighted by Gasteiger charge is 2.25. The summed E-state index contributed by atoms with van der Waals surface area (Å²) < 4.78 is 42.7. The average molecular weight is 413 g/mol. The fourth-order valence-electron chi connectivity index (χ4n) is 2.42. The van der Waals surface area contributed by atoms with Crippen molar-refractivity contribution >= 4 is 28.9 Å². The van der Waals surface area contributed by atoms with Gasteiger partial charge >= 0.3 is 13.6 Å². The minimum absolute atomic E-state index is 0.0402.